The summed E-state index contributed by atoms with van der Waals surface area (Å²) in [5.74, 6) is 0.944. The number of aromatic nitrogens is 1. The van der Waals surface area contributed by atoms with Gasteiger partial charge in [-0.1, -0.05) is 0 Å². The Bertz CT molecular complexity index is 861. The number of carbonyl (C=O) groups is 1. The standard InChI is InChI=1S/C17H15NO6/c1-20-14-6-10(7-15(21-2)16(14)22-3)17(19)24-11-4-5-13-12(8-11)18-9-23-13/h4-9H,1-3H3. The highest BCUT2D eigenvalue weighted by Gasteiger charge is 2.18. The van der Waals surface area contributed by atoms with E-state index in [1.807, 2.05) is 0 Å². The zero-order valence-corrected chi connectivity index (χ0v) is 13.4. The van der Waals surface area contributed by atoms with Crippen LogP contribution in [0.1, 0.15) is 10.4 Å². The largest absolute Gasteiger partial charge is 0.493 e. The Labute approximate surface area is 137 Å². The number of rotatable bonds is 5. The highest BCUT2D eigenvalue weighted by atomic mass is 16.5. The molecular formula is C17H15NO6. The minimum atomic E-state index is -0.558. The number of esters is 1. The highest BCUT2D eigenvalue weighted by Crippen LogP contribution is 2.38. The number of hydrogen-bond acceptors (Lipinski definition) is 7. The smallest absolute Gasteiger partial charge is 0.343 e. The molecule has 3 rings (SSSR count). The van der Waals surface area contributed by atoms with Gasteiger partial charge < -0.3 is 23.4 Å². The summed E-state index contributed by atoms with van der Waals surface area (Å²) in [6.45, 7) is 0. The molecule has 0 fully saturated rings. The first-order valence-corrected chi connectivity index (χ1v) is 7.01. The van der Waals surface area contributed by atoms with Gasteiger partial charge in [-0.2, -0.15) is 0 Å². The fourth-order valence-electron chi connectivity index (χ4n) is 2.27. The molecule has 0 aliphatic rings. The van der Waals surface area contributed by atoms with Gasteiger partial charge in [0.1, 0.15) is 11.3 Å². The van der Waals surface area contributed by atoms with E-state index in [9.17, 15) is 4.79 Å². The maximum absolute atomic E-state index is 12.4. The van der Waals surface area contributed by atoms with E-state index < -0.39 is 5.97 Å². The Morgan fingerprint density at radius 3 is 2.33 bits per heavy atom. The zero-order chi connectivity index (χ0) is 17.1. The normalized spacial score (nSPS) is 10.5. The van der Waals surface area contributed by atoms with Crippen LogP contribution in [0.25, 0.3) is 11.1 Å². The van der Waals surface area contributed by atoms with Gasteiger partial charge in [-0.25, -0.2) is 9.78 Å². The summed E-state index contributed by atoms with van der Waals surface area (Å²) >= 11 is 0. The molecule has 0 spiro atoms. The molecule has 0 N–H and O–H groups in total. The molecule has 0 saturated heterocycles. The summed E-state index contributed by atoms with van der Waals surface area (Å²) in [5, 5.41) is 0. The number of hydrogen-bond donors (Lipinski definition) is 0. The maximum atomic E-state index is 12.4. The van der Waals surface area contributed by atoms with E-state index in [1.165, 1.54) is 39.9 Å². The van der Waals surface area contributed by atoms with Crippen molar-refractivity contribution in [2.45, 2.75) is 0 Å². The molecule has 0 unspecified atom stereocenters. The lowest BCUT2D eigenvalue weighted by molar-refractivity contribution is 0.0734. The second kappa shape index (κ2) is 6.49. The van der Waals surface area contributed by atoms with Crippen LogP contribution >= 0.6 is 0 Å². The molecule has 1 heterocycles. The SMILES string of the molecule is COc1cc(C(=O)Oc2ccc3ocnc3c2)cc(OC)c1OC. The molecule has 0 radical (unpaired) electrons. The van der Waals surface area contributed by atoms with Gasteiger partial charge in [-0.05, 0) is 24.3 Å². The lowest BCUT2D eigenvalue weighted by atomic mass is 10.2. The Kier molecular flexibility index (Phi) is 4.24. The van der Waals surface area contributed by atoms with Gasteiger partial charge in [0.2, 0.25) is 5.75 Å². The highest BCUT2D eigenvalue weighted by molar-refractivity contribution is 5.93. The van der Waals surface area contributed by atoms with Crippen LogP contribution in [0.15, 0.2) is 41.1 Å². The lowest BCUT2D eigenvalue weighted by Crippen LogP contribution is -2.09. The average molecular weight is 329 g/mol. The Morgan fingerprint density at radius 2 is 1.71 bits per heavy atom. The van der Waals surface area contributed by atoms with Crippen LogP contribution in [0.3, 0.4) is 0 Å². The fraction of sp³-hybridized carbons (Fsp3) is 0.176. The van der Waals surface area contributed by atoms with Crippen molar-refractivity contribution in [3.8, 4) is 23.0 Å². The van der Waals surface area contributed by atoms with E-state index in [0.717, 1.165) is 0 Å². The zero-order valence-electron chi connectivity index (χ0n) is 13.4. The first-order chi connectivity index (χ1) is 11.7. The molecule has 0 aliphatic heterocycles. The third kappa shape index (κ3) is 2.83. The Hall–Kier alpha value is -3.22. The summed E-state index contributed by atoms with van der Waals surface area (Å²) in [7, 11) is 4.45. The first kappa shape index (κ1) is 15.7. The minimum Gasteiger partial charge on any atom is -0.493 e. The topological polar surface area (TPSA) is 80.0 Å². The predicted octanol–water partition coefficient (Wildman–Crippen LogP) is 3.07. The van der Waals surface area contributed by atoms with Crippen LogP contribution in [0.2, 0.25) is 0 Å². The third-order valence-electron chi connectivity index (χ3n) is 3.41. The van der Waals surface area contributed by atoms with Crippen molar-refractivity contribution < 1.29 is 28.2 Å². The molecule has 0 saturated carbocycles. The molecule has 0 aliphatic carbocycles. The van der Waals surface area contributed by atoms with Crippen LogP contribution in [-0.4, -0.2) is 32.3 Å². The van der Waals surface area contributed by atoms with E-state index in [-0.39, 0.29) is 5.56 Å². The van der Waals surface area contributed by atoms with Crippen molar-refractivity contribution in [1.29, 1.82) is 0 Å². The molecule has 7 nitrogen and oxygen atoms in total. The van der Waals surface area contributed by atoms with Gasteiger partial charge in [0.05, 0.1) is 26.9 Å². The van der Waals surface area contributed by atoms with Crippen LogP contribution in [0, 0.1) is 0 Å². The summed E-state index contributed by atoms with van der Waals surface area (Å²) in [6, 6.07) is 7.98. The van der Waals surface area contributed by atoms with Gasteiger partial charge in [0.25, 0.3) is 0 Å². The molecule has 0 bridgehead atoms. The summed E-state index contributed by atoms with van der Waals surface area (Å²) in [6.07, 6.45) is 1.33. The van der Waals surface area contributed by atoms with E-state index in [1.54, 1.807) is 18.2 Å². The van der Waals surface area contributed by atoms with Gasteiger partial charge >= 0.3 is 5.97 Å². The Morgan fingerprint density at radius 1 is 1.00 bits per heavy atom. The molecule has 24 heavy (non-hydrogen) atoms. The lowest BCUT2D eigenvalue weighted by Gasteiger charge is -2.13. The third-order valence-corrected chi connectivity index (χ3v) is 3.41. The van der Waals surface area contributed by atoms with E-state index >= 15 is 0 Å². The molecule has 3 aromatic rings. The van der Waals surface area contributed by atoms with Gasteiger partial charge in [-0.3, -0.25) is 0 Å². The van der Waals surface area contributed by atoms with Crippen LogP contribution in [-0.2, 0) is 0 Å². The second-order valence-corrected chi connectivity index (χ2v) is 4.79. The van der Waals surface area contributed by atoms with Crippen LogP contribution in [0.4, 0.5) is 0 Å². The molecule has 124 valence electrons. The number of nitrogens with zero attached hydrogens (tertiary/aromatic N) is 1. The van der Waals surface area contributed by atoms with Gasteiger partial charge in [0, 0.05) is 6.07 Å². The quantitative estimate of drug-likeness (QED) is 0.525. The van der Waals surface area contributed by atoms with E-state index in [4.69, 9.17) is 23.4 Å². The summed E-state index contributed by atoms with van der Waals surface area (Å²) in [5.41, 5.74) is 1.48. The van der Waals surface area contributed by atoms with Gasteiger partial charge in [-0.15, -0.1) is 0 Å². The number of benzene rings is 2. The van der Waals surface area contributed by atoms with Crippen molar-refractivity contribution >= 4 is 17.1 Å². The van der Waals surface area contributed by atoms with E-state index in [2.05, 4.69) is 4.98 Å². The van der Waals surface area contributed by atoms with Gasteiger partial charge in [0.15, 0.2) is 23.5 Å². The molecular weight excluding hydrogens is 314 g/mol. The Balaban J connectivity index is 1.91. The van der Waals surface area contributed by atoms with Crippen molar-refractivity contribution in [2.24, 2.45) is 0 Å². The number of methoxy groups -OCH3 is 3. The molecule has 1 aromatic heterocycles. The minimum absolute atomic E-state index is 0.268. The molecule has 0 amide bonds. The first-order valence-electron chi connectivity index (χ1n) is 7.01. The summed E-state index contributed by atoms with van der Waals surface area (Å²) in [4.78, 5) is 16.4. The van der Waals surface area contributed by atoms with Crippen molar-refractivity contribution in [3.05, 3.63) is 42.3 Å². The average Bonchev–Trinajstić information content (AvgIpc) is 3.07. The molecule has 0 atom stereocenters. The van der Waals surface area contributed by atoms with Crippen molar-refractivity contribution in [1.82, 2.24) is 4.98 Å². The summed E-state index contributed by atoms with van der Waals surface area (Å²) < 4.78 is 26.2. The van der Waals surface area contributed by atoms with Crippen molar-refractivity contribution in [2.75, 3.05) is 21.3 Å². The number of oxazole rings is 1. The van der Waals surface area contributed by atoms with Crippen molar-refractivity contribution in [3.63, 3.8) is 0 Å². The number of fused-ring (bicyclic) bond motifs is 1. The molecule has 2 aromatic carbocycles. The monoisotopic (exact) mass is 329 g/mol. The number of carbonyl (C=O) groups excluding carboxylic acids is 1. The maximum Gasteiger partial charge on any atom is 0.343 e. The second-order valence-electron chi connectivity index (χ2n) is 4.79. The van der Waals surface area contributed by atoms with E-state index in [0.29, 0.717) is 34.1 Å². The van der Waals surface area contributed by atoms with Crippen LogP contribution < -0.4 is 18.9 Å². The fourth-order valence-corrected chi connectivity index (χ4v) is 2.27. The number of ether oxygens (including phenoxy) is 4. The predicted molar refractivity (Wildman–Crippen MR) is 85.1 cm³/mol. The van der Waals surface area contributed by atoms with Crippen LogP contribution in [0.5, 0.6) is 23.0 Å². The molecule has 7 heteroatoms.